The minimum atomic E-state index is 0.513. The molecule has 0 amide bonds. The summed E-state index contributed by atoms with van der Waals surface area (Å²) in [6.07, 6.45) is 5.21. The van der Waals surface area contributed by atoms with Crippen LogP contribution in [0.2, 0.25) is 0 Å². The maximum absolute atomic E-state index is 9.56. The maximum Gasteiger partial charge on any atom is 0.142 e. The molecule has 0 rings (SSSR count). The number of aldehydes is 3. The molecule has 0 aromatic rings. The number of carbonyl (C=O) groups excluding carboxylic acids is 3. The molecule has 3 heteroatoms. The first-order valence-electron chi connectivity index (χ1n) is 3.27. The average molecular weight is 156 g/mol. The van der Waals surface area contributed by atoms with E-state index in [0.717, 1.165) is 12.6 Å². The molecule has 0 unspecified atom stereocenters. The monoisotopic (exact) mass is 156 g/mol. The van der Waals surface area contributed by atoms with Gasteiger partial charge >= 0.3 is 0 Å². The molecule has 0 aliphatic carbocycles. The molecular weight excluding hydrogens is 144 g/mol. The van der Waals surface area contributed by atoms with E-state index in [1.807, 2.05) is 0 Å². The quantitative estimate of drug-likeness (QED) is 0.338. The highest BCUT2D eigenvalue weighted by Gasteiger charge is 1.80. The predicted molar refractivity (Wildman–Crippen MR) is 42.2 cm³/mol. The Kier molecular flexibility index (Phi) is 18.0. The number of hydrogen-bond donors (Lipinski definition) is 0. The zero-order valence-electron chi connectivity index (χ0n) is 6.36. The summed E-state index contributed by atoms with van der Waals surface area (Å²) >= 11 is 0. The van der Waals surface area contributed by atoms with Gasteiger partial charge in [0.05, 0.1) is 0 Å². The van der Waals surface area contributed by atoms with Gasteiger partial charge in [-0.2, -0.15) is 0 Å². The van der Waals surface area contributed by atoms with E-state index in [1.165, 1.54) is 6.08 Å². The summed E-state index contributed by atoms with van der Waals surface area (Å²) in [5, 5.41) is 0. The highest BCUT2D eigenvalue weighted by atomic mass is 16.1. The van der Waals surface area contributed by atoms with E-state index in [2.05, 4.69) is 6.58 Å². The van der Waals surface area contributed by atoms with Crippen molar-refractivity contribution in [1.82, 2.24) is 0 Å². The van der Waals surface area contributed by atoms with E-state index in [4.69, 9.17) is 4.79 Å². The second-order valence-electron chi connectivity index (χ2n) is 1.64. The number of carbonyl (C=O) groups is 3. The molecule has 0 heterocycles. The normalized spacial score (nSPS) is 6.91. The SMILES string of the molecule is C=CC=O.O=CCCCC=O. The van der Waals surface area contributed by atoms with Crippen molar-refractivity contribution < 1.29 is 14.4 Å². The Morgan fingerprint density at radius 2 is 1.36 bits per heavy atom. The summed E-state index contributed by atoms with van der Waals surface area (Å²) in [6.45, 7) is 3.11. The Hall–Kier alpha value is -1.25. The molecule has 0 spiro atoms. The summed E-state index contributed by atoms with van der Waals surface area (Å²) in [5.74, 6) is 0. The molecular formula is C8H12O3. The number of unbranched alkanes of at least 4 members (excludes halogenated alkanes) is 2. The zero-order valence-corrected chi connectivity index (χ0v) is 6.36. The standard InChI is InChI=1S/C5H8O2.C3H4O/c6-4-2-1-3-5-7;1-2-3-4/h4-5H,1-3H2;2-3H,1H2. The van der Waals surface area contributed by atoms with Crippen molar-refractivity contribution in [2.45, 2.75) is 19.3 Å². The number of hydrogen-bond acceptors (Lipinski definition) is 3. The lowest BCUT2D eigenvalue weighted by Crippen LogP contribution is -1.76. The fourth-order valence-corrected chi connectivity index (χ4v) is 0.285. The summed E-state index contributed by atoms with van der Waals surface area (Å²) in [5.41, 5.74) is 0. The van der Waals surface area contributed by atoms with E-state index in [9.17, 15) is 9.59 Å². The van der Waals surface area contributed by atoms with Gasteiger partial charge in [-0.1, -0.05) is 6.58 Å². The van der Waals surface area contributed by atoms with Gasteiger partial charge in [0.2, 0.25) is 0 Å². The summed E-state index contributed by atoms with van der Waals surface area (Å²) in [6, 6.07) is 0. The molecule has 0 aromatic heterocycles. The Balaban J connectivity index is 0. The summed E-state index contributed by atoms with van der Waals surface area (Å²) in [4.78, 5) is 28.2. The van der Waals surface area contributed by atoms with Crippen LogP contribution in [0.5, 0.6) is 0 Å². The third-order valence-corrected chi connectivity index (χ3v) is 0.740. The van der Waals surface area contributed by atoms with Crippen molar-refractivity contribution in [2.24, 2.45) is 0 Å². The third kappa shape index (κ3) is 28.4. The minimum absolute atomic E-state index is 0.513. The van der Waals surface area contributed by atoms with Crippen molar-refractivity contribution >= 4 is 18.9 Å². The minimum Gasteiger partial charge on any atom is -0.303 e. The van der Waals surface area contributed by atoms with Crippen LogP contribution in [0.1, 0.15) is 19.3 Å². The molecule has 0 saturated heterocycles. The topological polar surface area (TPSA) is 51.2 Å². The maximum atomic E-state index is 9.56. The van der Waals surface area contributed by atoms with Gasteiger partial charge in [-0.3, -0.25) is 4.79 Å². The lowest BCUT2D eigenvalue weighted by atomic mass is 10.3. The van der Waals surface area contributed by atoms with Crippen molar-refractivity contribution in [2.75, 3.05) is 0 Å². The molecule has 0 aromatic carbocycles. The van der Waals surface area contributed by atoms with E-state index >= 15 is 0 Å². The molecule has 0 aliphatic rings. The van der Waals surface area contributed by atoms with Gasteiger partial charge in [0.1, 0.15) is 18.9 Å². The van der Waals surface area contributed by atoms with Crippen LogP contribution < -0.4 is 0 Å². The van der Waals surface area contributed by atoms with Gasteiger partial charge in [0.15, 0.2) is 0 Å². The Bertz CT molecular complexity index is 105. The fourth-order valence-electron chi connectivity index (χ4n) is 0.285. The molecule has 62 valence electrons. The molecule has 0 aliphatic heterocycles. The highest BCUT2D eigenvalue weighted by molar-refractivity contribution is 5.63. The van der Waals surface area contributed by atoms with Gasteiger partial charge in [0, 0.05) is 12.8 Å². The first-order valence-corrected chi connectivity index (χ1v) is 3.27. The molecule has 0 radical (unpaired) electrons. The smallest absolute Gasteiger partial charge is 0.142 e. The van der Waals surface area contributed by atoms with Gasteiger partial charge in [-0.15, -0.1) is 0 Å². The zero-order chi connectivity index (χ0) is 8.95. The van der Waals surface area contributed by atoms with E-state index in [0.29, 0.717) is 25.5 Å². The third-order valence-electron chi connectivity index (χ3n) is 0.740. The van der Waals surface area contributed by atoms with Crippen LogP contribution in [-0.4, -0.2) is 18.9 Å². The largest absolute Gasteiger partial charge is 0.303 e. The van der Waals surface area contributed by atoms with E-state index in [1.54, 1.807) is 0 Å². The molecule has 11 heavy (non-hydrogen) atoms. The molecule has 0 saturated carbocycles. The second-order valence-corrected chi connectivity index (χ2v) is 1.64. The second kappa shape index (κ2) is 15.9. The Morgan fingerprint density at radius 1 is 1.00 bits per heavy atom. The first-order chi connectivity index (χ1) is 5.33. The van der Waals surface area contributed by atoms with Crippen LogP contribution in [-0.2, 0) is 14.4 Å². The van der Waals surface area contributed by atoms with E-state index in [-0.39, 0.29) is 0 Å². The molecule has 0 bridgehead atoms. The van der Waals surface area contributed by atoms with Gasteiger partial charge in [0.25, 0.3) is 0 Å². The van der Waals surface area contributed by atoms with Crippen molar-refractivity contribution in [3.05, 3.63) is 12.7 Å². The molecule has 0 atom stereocenters. The fraction of sp³-hybridized carbons (Fsp3) is 0.375. The van der Waals surface area contributed by atoms with Crippen molar-refractivity contribution in [1.29, 1.82) is 0 Å². The lowest BCUT2D eigenvalue weighted by Gasteiger charge is -1.78. The number of allylic oxidation sites excluding steroid dienone is 1. The van der Waals surface area contributed by atoms with Crippen LogP contribution in [0, 0.1) is 0 Å². The Labute approximate surface area is 66.1 Å². The van der Waals surface area contributed by atoms with Crippen LogP contribution in [0.15, 0.2) is 12.7 Å². The average Bonchev–Trinajstić information content (AvgIpc) is 2.06. The molecule has 0 fully saturated rings. The highest BCUT2D eigenvalue weighted by Crippen LogP contribution is 1.85. The van der Waals surface area contributed by atoms with Gasteiger partial charge < -0.3 is 9.59 Å². The van der Waals surface area contributed by atoms with Crippen LogP contribution in [0.4, 0.5) is 0 Å². The van der Waals surface area contributed by atoms with Crippen LogP contribution in [0.3, 0.4) is 0 Å². The van der Waals surface area contributed by atoms with Crippen molar-refractivity contribution in [3.8, 4) is 0 Å². The predicted octanol–water partition coefficient (Wildman–Crippen LogP) is 0.926. The summed E-state index contributed by atoms with van der Waals surface area (Å²) in [7, 11) is 0. The van der Waals surface area contributed by atoms with Crippen LogP contribution >= 0.6 is 0 Å². The Morgan fingerprint density at radius 3 is 1.55 bits per heavy atom. The van der Waals surface area contributed by atoms with Gasteiger partial charge in [-0.25, -0.2) is 0 Å². The first kappa shape index (κ1) is 12.4. The lowest BCUT2D eigenvalue weighted by molar-refractivity contribution is -0.109. The van der Waals surface area contributed by atoms with Crippen LogP contribution in [0.25, 0.3) is 0 Å². The number of rotatable bonds is 5. The molecule has 0 N–H and O–H groups in total. The molecule has 3 nitrogen and oxygen atoms in total. The summed E-state index contributed by atoms with van der Waals surface area (Å²) < 4.78 is 0. The van der Waals surface area contributed by atoms with E-state index < -0.39 is 0 Å². The van der Waals surface area contributed by atoms with Crippen molar-refractivity contribution in [3.63, 3.8) is 0 Å². The van der Waals surface area contributed by atoms with Gasteiger partial charge in [-0.05, 0) is 12.5 Å².